The number of hydrogen-bond donors (Lipinski definition) is 1. The van der Waals surface area contributed by atoms with Gasteiger partial charge in [-0.2, -0.15) is 0 Å². The Morgan fingerprint density at radius 1 is 1.04 bits per heavy atom. The van der Waals surface area contributed by atoms with Gasteiger partial charge < -0.3 is 10.2 Å². The van der Waals surface area contributed by atoms with Crippen LogP contribution in [0.25, 0.3) is 0 Å². The average Bonchev–Trinajstić information content (AvgIpc) is 2.63. The molecule has 0 fully saturated rings. The van der Waals surface area contributed by atoms with Gasteiger partial charge in [0.15, 0.2) is 0 Å². The van der Waals surface area contributed by atoms with Crippen LogP contribution in [0.5, 0.6) is 0 Å². The third kappa shape index (κ3) is 3.31. The van der Waals surface area contributed by atoms with Gasteiger partial charge in [-0.1, -0.05) is 18.2 Å². The normalized spacial score (nSPS) is 13.4. The van der Waals surface area contributed by atoms with Crippen molar-refractivity contribution < 1.29 is 4.39 Å². The zero-order valence-electron chi connectivity index (χ0n) is 14.0. The second-order valence-corrected chi connectivity index (χ2v) is 6.17. The van der Waals surface area contributed by atoms with Crippen LogP contribution in [-0.4, -0.2) is 16.5 Å². The second kappa shape index (κ2) is 6.51. The average molecular weight is 334 g/mol. The van der Waals surface area contributed by atoms with Crippen molar-refractivity contribution in [2.24, 2.45) is 0 Å². The van der Waals surface area contributed by atoms with Gasteiger partial charge in [0.05, 0.1) is 0 Å². The smallest absolute Gasteiger partial charge is 0.138 e. The first-order valence-corrected chi connectivity index (χ1v) is 8.43. The summed E-state index contributed by atoms with van der Waals surface area (Å²) in [6.45, 7) is 2.82. The van der Waals surface area contributed by atoms with Gasteiger partial charge in [-0.05, 0) is 55.7 Å². The lowest BCUT2D eigenvalue weighted by Crippen LogP contribution is -2.25. The number of hydrogen-bond acceptors (Lipinski definition) is 4. The van der Waals surface area contributed by atoms with E-state index < -0.39 is 0 Å². The Morgan fingerprint density at radius 2 is 1.84 bits per heavy atom. The number of nitrogens with zero attached hydrogens (tertiary/aromatic N) is 3. The molecular weight excluding hydrogens is 315 g/mol. The van der Waals surface area contributed by atoms with Gasteiger partial charge in [-0.3, -0.25) is 0 Å². The van der Waals surface area contributed by atoms with Crippen molar-refractivity contribution >= 4 is 23.0 Å². The van der Waals surface area contributed by atoms with Gasteiger partial charge >= 0.3 is 0 Å². The molecule has 1 aromatic heterocycles. The molecule has 0 saturated heterocycles. The van der Waals surface area contributed by atoms with E-state index in [0.717, 1.165) is 30.9 Å². The summed E-state index contributed by atoms with van der Waals surface area (Å²) in [5, 5.41) is 3.23. The lowest BCUT2D eigenvalue weighted by Gasteiger charge is -2.30. The molecule has 0 radical (unpaired) electrons. The molecule has 5 heteroatoms. The third-order valence-electron chi connectivity index (χ3n) is 4.33. The number of fused-ring (bicyclic) bond motifs is 1. The van der Waals surface area contributed by atoms with Crippen LogP contribution in [0, 0.1) is 12.7 Å². The maximum absolute atomic E-state index is 13.1. The molecule has 2 heterocycles. The summed E-state index contributed by atoms with van der Waals surface area (Å²) in [5.41, 5.74) is 3.35. The fraction of sp³-hybridized carbons (Fsp3) is 0.200. The fourth-order valence-electron chi connectivity index (χ4n) is 3.21. The molecule has 0 unspecified atom stereocenters. The van der Waals surface area contributed by atoms with Crippen molar-refractivity contribution in [1.29, 1.82) is 0 Å². The monoisotopic (exact) mass is 334 g/mol. The third-order valence-corrected chi connectivity index (χ3v) is 4.33. The van der Waals surface area contributed by atoms with Crippen LogP contribution >= 0.6 is 0 Å². The van der Waals surface area contributed by atoms with E-state index in [-0.39, 0.29) is 5.82 Å². The Balaban J connectivity index is 1.67. The van der Waals surface area contributed by atoms with Crippen molar-refractivity contribution in [3.05, 3.63) is 71.8 Å². The molecule has 4 rings (SSSR count). The highest BCUT2D eigenvalue weighted by molar-refractivity contribution is 5.68. The molecule has 25 heavy (non-hydrogen) atoms. The molecule has 0 amide bonds. The summed E-state index contributed by atoms with van der Waals surface area (Å²) in [5.74, 6) is 2.03. The van der Waals surface area contributed by atoms with E-state index >= 15 is 0 Å². The molecular formula is C20H19FN4. The summed E-state index contributed by atoms with van der Waals surface area (Å²) in [7, 11) is 0. The van der Waals surface area contributed by atoms with Gasteiger partial charge in [0, 0.05) is 24.0 Å². The van der Waals surface area contributed by atoms with Crippen LogP contribution in [0.4, 0.5) is 27.4 Å². The summed E-state index contributed by atoms with van der Waals surface area (Å²) < 4.78 is 13.1. The van der Waals surface area contributed by atoms with E-state index in [1.54, 1.807) is 12.1 Å². The van der Waals surface area contributed by atoms with Gasteiger partial charge in [0.2, 0.25) is 0 Å². The molecule has 1 aliphatic rings. The predicted octanol–water partition coefficient (Wildman–Crippen LogP) is 4.75. The minimum atomic E-state index is -0.255. The van der Waals surface area contributed by atoms with E-state index in [1.165, 1.54) is 23.4 Å². The van der Waals surface area contributed by atoms with Crippen LogP contribution < -0.4 is 10.2 Å². The summed E-state index contributed by atoms with van der Waals surface area (Å²) >= 11 is 0. The molecule has 1 N–H and O–H groups in total. The first-order valence-electron chi connectivity index (χ1n) is 8.43. The molecule has 1 aliphatic heterocycles. The Kier molecular flexibility index (Phi) is 4.06. The number of para-hydroxylation sites is 1. The molecule has 0 bridgehead atoms. The summed E-state index contributed by atoms with van der Waals surface area (Å²) in [4.78, 5) is 11.3. The summed E-state index contributed by atoms with van der Waals surface area (Å²) in [6, 6.07) is 16.6. The van der Waals surface area contributed by atoms with Gasteiger partial charge in [-0.15, -0.1) is 0 Å². The number of nitrogens with one attached hydrogen (secondary N) is 1. The zero-order chi connectivity index (χ0) is 17.2. The molecule has 0 aliphatic carbocycles. The number of benzene rings is 2. The first kappa shape index (κ1) is 15.6. The maximum Gasteiger partial charge on any atom is 0.138 e. The van der Waals surface area contributed by atoms with Crippen LogP contribution in [0.15, 0.2) is 54.6 Å². The van der Waals surface area contributed by atoms with E-state index in [2.05, 4.69) is 44.5 Å². The van der Waals surface area contributed by atoms with Crippen molar-refractivity contribution in [2.75, 3.05) is 16.8 Å². The topological polar surface area (TPSA) is 41.1 Å². The maximum atomic E-state index is 13.1. The number of aryl methyl sites for hydroxylation is 2. The number of aromatic nitrogens is 2. The Bertz CT molecular complexity index is 892. The quantitative estimate of drug-likeness (QED) is 0.750. The highest BCUT2D eigenvalue weighted by atomic mass is 19.1. The minimum Gasteiger partial charge on any atom is -0.340 e. The molecule has 126 valence electrons. The zero-order valence-corrected chi connectivity index (χ0v) is 14.0. The number of halogens is 1. The van der Waals surface area contributed by atoms with Crippen molar-refractivity contribution in [2.45, 2.75) is 19.8 Å². The minimum absolute atomic E-state index is 0.255. The molecule has 0 spiro atoms. The van der Waals surface area contributed by atoms with Crippen LogP contribution in [0.2, 0.25) is 0 Å². The van der Waals surface area contributed by atoms with Crippen molar-refractivity contribution in [1.82, 2.24) is 9.97 Å². The molecule has 3 aromatic rings. The number of anilines is 4. The van der Waals surface area contributed by atoms with Crippen molar-refractivity contribution in [3.8, 4) is 0 Å². The highest BCUT2D eigenvalue weighted by Crippen LogP contribution is 2.33. The van der Waals surface area contributed by atoms with Crippen LogP contribution in [0.1, 0.15) is 17.8 Å². The van der Waals surface area contributed by atoms with E-state index in [1.807, 2.05) is 13.0 Å². The molecule has 0 saturated carbocycles. The molecule has 4 nitrogen and oxygen atoms in total. The predicted molar refractivity (Wildman–Crippen MR) is 98.2 cm³/mol. The Hall–Kier alpha value is -2.95. The lowest BCUT2D eigenvalue weighted by molar-refractivity contribution is 0.628. The van der Waals surface area contributed by atoms with E-state index in [4.69, 9.17) is 0 Å². The van der Waals surface area contributed by atoms with Gasteiger partial charge in [0.1, 0.15) is 23.3 Å². The van der Waals surface area contributed by atoms with Gasteiger partial charge in [-0.25, -0.2) is 14.4 Å². The Labute approximate surface area is 146 Å². The van der Waals surface area contributed by atoms with Gasteiger partial charge in [0.25, 0.3) is 0 Å². The Morgan fingerprint density at radius 3 is 2.68 bits per heavy atom. The fourth-order valence-corrected chi connectivity index (χ4v) is 3.21. The SMILES string of the molecule is Cc1nc(Nc2ccc(F)cc2)cc(N2CCCc3ccccc32)n1. The largest absolute Gasteiger partial charge is 0.340 e. The van der Waals surface area contributed by atoms with Crippen LogP contribution in [0.3, 0.4) is 0 Å². The standard InChI is InChI=1S/C20H19FN4/c1-14-22-19(24-17-10-8-16(21)9-11-17)13-20(23-14)25-12-4-6-15-5-2-3-7-18(15)25/h2-3,5,7-11,13H,4,6,12H2,1H3,(H,22,23,24). The van der Waals surface area contributed by atoms with E-state index in [0.29, 0.717) is 11.6 Å². The highest BCUT2D eigenvalue weighted by Gasteiger charge is 2.19. The molecule has 0 atom stereocenters. The number of rotatable bonds is 3. The van der Waals surface area contributed by atoms with Crippen LogP contribution in [-0.2, 0) is 6.42 Å². The summed E-state index contributed by atoms with van der Waals surface area (Å²) in [6.07, 6.45) is 2.19. The van der Waals surface area contributed by atoms with E-state index in [9.17, 15) is 4.39 Å². The first-order chi connectivity index (χ1) is 12.2. The van der Waals surface area contributed by atoms with Crippen molar-refractivity contribution in [3.63, 3.8) is 0 Å². The lowest BCUT2D eigenvalue weighted by atomic mass is 10.0. The second-order valence-electron chi connectivity index (χ2n) is 6.17. The molecule has 2 aromatic carbocycles.